The van der Waals surface area contributed by atoms with Gasteiger partial charge in [-0.1, -0.05) is 25.0 Å². The molecule has 1 aliphatic carbocycles. The van der Waals surface area contributed by atoms with Crippen molar-refractivity contribution in [3.63, 3.8) is 0 Å². The molecule has 1 aliphatic heterocycles. The Hall–Kier alpha value is -2.76. The van der Waals surface area contributed by atoms with Crippen LogP contribution in [0.2, 0.25) is 0 Å². The van der Waals surface area contributed by atoms with Crippen LogP contribution in [-0.2, 0) is 16.8 Å². The summed E-state index contributed by atoms with van der Waals surface area (Å²) in [6.07, 6.45) is 5.43. The highest BCUT2D eigenvalue weighted by molar-refractivity contribution is 5.88. The molecule has 2 heterocycles. The number of nitrogens with one attached hydrogen (secondary N) is 1. The monoisotopic (exact) mass is 368 g/mol. The van der Waals surface area contributed by atoms with E-state index in [2.05, 4.69) is 10.3 Å². The first kappa shape index (κ1) is 17.6. The van der Waals surface area contributed by atoms with Gasteiger partial charge in [0.05, 0.1) is 12.5 Å². The normalized spacial score (nSPS) is 17.4. The third-order valence-electron chi connectivity index (χ3n) is 5.47. The zero-order chi connectivity index (χ0) is 18.7. The Morgan fingerprint density at radius 1 is 1.19 bits per heavy atom. The van der Waals surface area contributed by atoms with E-state index in [1.807, 2.05) is 30.3 Å². The van der Waals surface area contributed by atoms with Crippen molar-refractivity contribution in [2.75, 3.05) is 20.3 Å². The van der Waals surface area contributed by atoms with E-state index in [4.69, 9.17) is 14.2 Å². The standard InChI is InChI=1S/C21H24N2O4/c1-25-19-15(5-4-10-22-19)14-23-20(24)21(8-2-3-9-21)16-6-7-17-18(13-16)27-12-11-26-17/h4-7,10,13H,2-3,8-9,11-12,14H2,1H3,(H,23,24). The second-order valence-electron chi connectivity index (χ2n) is 7.00. The number of ether oxygens (including phenoxy) is 3. The van der Waals surface area contributed by atoms with Crippen molar-refractivity contribution in [3.8, 4) is 17.4 Å². The van der Waals surface area contributed by atoms with Gasteiger partial charge in [0.2, 0.25) is 11.8 Å². The van der Waals surface area contributed by atoms with Crippen LogP contribution in [0.15, 0.2) is 36.5 Å². The van der Waals surface area contributed by atoms with Crippen LogP contribution in [0.25, 0.3) is 0 Å². The Bertz CT molecular complexity index is 831. The summed E-state index contributed by atoms with van der Waals surface area (Å²) in [6.45, 7) is 1.49. The molecule has 4 rings (SSSR count). The lowest BCUT2D eigenvalue weighted by atomic mass is 9.77. The number of hydrogen-bond acceptors (Lipinski definition) is 5. The van der Waals surface area contributed by atoms with Gasteiger partial charge in [0.1, 0.15) is 13.2 Å². The number of carbonyl (C=O) groups excluding carboxylic acids is 1. The molecule has 1 aromatic heterocycles. The Morgan fingerprint density at radius 3 is 2.74 bits per heavy atom. The number of pyridine rings is 1. The Balaban J connectivity index is 1.57. The third-order valence-corrected chi connectivity index (χ3v) is 5.47. The first-order valence-electron chi connectivity index (χ1n) is 9.39. The fraction of sp³-hybridized carbons (Fsp3) is 0.429. The minimum atomic E-state index is -0.523. The van der Waals surface area contributed by atoms with Crippen molar-refractivity contribution in [2.45, 2.75) is 37.6 Å². The number of rotatable bonds is 5. The maximum atomic E-state index is 13.3. The molecule has 1 saturated carbocycles. The van der Waals surface area contributed by atoms with Crippen LogP contribution in [0, 0.1) is 0 Å². The summed E-state index contributed by atoms with van der Waals surface area (Å²) in [7, 11) is 1.58. The summed E-state index contributed by atoms with van der Waals surface area (Å²) in [6, 6.07) is 9.65. The third kappa shape index (κ3) is 3.31. The molecule has 0 spiro atoms. The molecule has 0 bridgehead atoms. The topological polar surface area (TPSA) is 69.7 Å². The van der Waals surface area contributed by atoms with Gasteiger partial charge in [-0.15, -0.1) is 0 Å². The molecule has 6 heteroatoms. The first-order valence-corrected chi connectivity index (χ1v) is 9.39. The molecule has 1 aromatic carbocycles. The van der Waals surface area contributed by atoms with Gasteiger partial charge in [0.25, 0.3) is 0 Å². The van der Waals surface area contributed by atoms with E-state index in [0.29, 0.717) is 25.6 Å². The number of fused-ring (bicyclic) bond motifs is 1. The minimum absolute atomic E-state index is 0.0441. The molecule has 2 aliphatic rings. The Labute approximate surface area is 158 Å². The molecular formula is C21H24N2O4. The summed E-state index contributed by atoms with van der Waals surface area (Å²) in [4.78, 5) is 17.5. The molecule has 1 amide bonds. The van der Waals surface area contributed by atoms with Crippen molar-refractivity contribution >= 4 is 5.91 Å². The number of benzene rings is 1. The summed E-state index contributed by atoms with van der Waals surface area (Å²) in [5, 5.41) is 3.10. The van der Waals surface area contributed by atoms with E-state index in [0.717, 1.165) is 48.3 Å². The van der Waals surface area contributed by atoms with Crippen LogP contribution < -0.4 is 19.5 Å². The molecule has 1 N–H and O–H groups in total. The van der Waals surface area contributed by atoms with E-state index in [1.165, 1.54) is 0 Å². The lowest BCUT2D eigenvalue weighted by molar-refractivity contribution is -0.126. The van der Waals surface area contributed by atoms with E-state index in [9.17, 15) is 4.79 Å². The first-order chi connectivity index (χ1) is 13.2. The molecule has 1 fully saturated rings. The molecular weight excluding hydrogens is 344 g/mol. The number of hydrogen-bond donors (Lipinski definition) is 1. The van der Waals surface area contributed by atoms with Gasteiger partial charge >= 0.3 is 0 Å². The van der Waals surface area contributed by atoms with Gasteiger partial charge in [-0.25, -0.2) is 4.98 Å². The molecule has 0 radical (unpaired) electrons. The predicted octanol–water partition coefficient (Wildman–Crippen LogP) is 2.99. The molecule has 142 valence electrons. The zero-order valence-electron chi connectivity index (χ0n) is 15.5. The van der Waals surface area contributed by atoms with E-state index < -0.39 is 5.41 Å². The number of aromatic nitrogens is 1. The fourth-order valence-electron chi connectivity index (χ4n) is 4.05. The Morgan fingerprint density at radius 2 is 1.96 bits per heavy atom. The van der Waals surface area contributed by atoms with Crippen molar-refractivity contribution in [1.82, 2.24) is 10.3 Å². The highest BCUT2D eigenvalue weighted by Crippen LogP contribution is 2.44. The highest BCUT2D eigenvalue weighted by atomic mass is 16.6. The second kappa shape index (κ2) is 7.47. The van der Waals surface area contributed by atoms with Gasteiger partial charge in [0.15, 0.2) is 11.5 Å². The van der Waals surface area contributed by atoms with Crippen LogP contribution >= 0.6 is 0 Å². The van der Waals surface area contributed by atoms with Crippen molar-refractivity contribution in [2.24, 2.45) is 0 Å². The molecule has 27 heavy (non-hydrogen) atoms. The average Bonchev–Trinajstić information content (AvgIpc) is 3.23. The Kier molecular flexibility index (Phi) is 4.88. The number of amides is 1. The summed E-state index contributed by atoms with van der Waals surface area (Å²) >= 11 is 0. The van der Waals surface area contributed by atoms with Crippen LogP contribution in [0.4, 0.5) is 0 Å². The molecule has 0 unspecified atom stereocenters. The minimum Gasteiger partial charge on any atom is -0.486 e. The smallest absolute Gasteiger partial charge is 0.230 e. The van der Waals surface area contributed by atoms with Gasteiger partial charge in [-0.2, -0.15) is 0 Å². The van der Waals surface area contributed by atoms with Gasteiger partial charge < -0.3 is 19.5 Å². The fourth-order valence-corrected chi connectivity index (χ4v) is 4.05. The largest absolute Gasteiger partial charge is 0.486 e. The molecule has 0 atom stereocenters. The van der Waals surface area contributed by atoms with Crippen molar-refractivity contribution < 1.29 is 19.0 Å². The van der Waals surface area contributed by atoms with Crippen LogP contribution in [0.3, 0.4) is 0 Å². The predicted molar refractivity (Wildman–Crippen MR) is 100 cm³/mol. The lowest BCUT2D eigenvalue weighted by Crippen LogP contribution is -2.42. The van der Waals surface area contributed by atoms with E-state index in [1.54, 1.807) is 13.3 Å². The number of carbonyl (C=O) groups is 1. The van der Waals surface area contributed by atoms with Gasteiger partial charge in [-0.3, -0.25) is 4.79 Å². The lowest BCUT2D eigenvalue weighted by Gasteiger charge is -2.30. The summed E-state index contributed by atoms with van der Waals surface area (Å²) in [5.41, 5.74) is 1.34. The van der Waals surface area contributed by atoms with Crippen molar-refractivity contribution in [3.05, 3.63) is 47.7 Å². The van der Waals surface area contributed by atoms with E-state index >= 15 is 0 Å². The SMILES string of the molecule is COc1ncccc1CNC(=O)C1(c2ccc3c(c2)OCCO3)CCCC1. The van der Waals surface area contributed by atoms with Crippen molar-refractivity contribution in [1.29, 1.82) is 0 Å². The molecule has 2 aromatic rings. The maximum Gasteiger partial charge on any atom is 0.230 e. The zero-order valence-corrected chi connectivity index (χ0v) is 15.5. The highest BCUT2D eigenvalue weighted by Gasteiger charge is 2.43. The van der Waals surface area contributed by atoms with Crippen LogP contribution in [-0.4, -0.2) is 31.2 Å². The van der Waals surface area contributed by atoms with E-state index in [-0.39, 0.29) is 5.91 Å². The summed E-state index contributed by atoms with van der Waals surface area (Å²) in [5.74, 6) is 2.06. The second-order valence-corrected chi connectivity index (χ2v) is 7.00. The molecule has 6 nitrogen and oxygen atoms in total. The maximum absolute atomic E-state index is 13.3. The molecule has 0 saturated heterocycles. The van der Waals surface area contributed by atoms with Gasteiger partial charge in [-0.05, 0) is 36.6 Å². The number of nitrogens with zero attached hydrogens (tertiary/aromatic N) is 1. The average molecular weight is 368 g/mol. The van der Waals surface area contributed by atoms with Gasteiger partial charge in [0, 0.05) is 18.3 Å². The quantitative estimate of drug-likeness (QED) is 0.879. The van der Waals surface area contributed by atoms with Crippen LogP contribution in [0.1, 0.15) is 36.8 Å². The summed E-state index contributed by atoms with van der Waals surface area (Å²) < 4.78 is 16.6. The van der Waals surface area contributed by atoms with Crippen LogP contribution in [0.5, 0.6) is 17.4 Å². The number of methoxy groups -OCH3 is 1.